The number of hydrogen-bond donors (Lipinski definition) is 3. The molecule has 170 valence electrons. The molecular weight excluding hydrogens is 404 g/mol. The van der Waals surface area contributed by atoms with Gasteiger partial charge in [-0.25, -0.2) is 9.78 Å². The van der Waals surface area contributed by atoms with E-state index in [0.29, 0.717) is 5.69 Å². The Morgan fingerprint density at radius 3 is 2.53 bits per heavy atom. The molecule has 0 aliphatic carbocycles. The summed E-state index contributed by atoms with van der Waals surface area (Å²) in [6.07, 6.45) is 6.37. The maximum Gasteiger partial charge on any atom is 0.321 e. The zero-order valence-electron chi connectivity index (χ0n) is 18.6. The summed E-state index contributed by atoms with van der Waals surface area (Å²) in [6, 6.07) is 11.7. The summed E-state index contributed by atoms with van der Waals surface area (Å²) >= 11 is 0. The Bertz CT molecular complexity index is 909. The minimum atomic E-state index is -0.106. The third-order valence-electron chi connectivity index (χ3n) is 6.07. The molecule has 8 heteroatoms. The van der Waals surface area contributed by atoms with Gasteiger partial charge in [0.15, 0.2) is 0 Å². The molecule has 2 aliphatic rings. The van der Waals surface area contributed by atoms with Crippen LogP contribution in [0.25, 0.3) is 0 Å². The predicted octanol–water partition coefficient (Wildman–Crippen LogP) is 3.28. The number of hydrogen-bond acceptors (Lipinski definition) is 5. The van der Waals surface area contributed by atoms with E-state index in [4.69, 9.17) is 0 Å². The summed E-state index contributed by atoms with van der Waals surface area (Å²) in [5.74, 6) is 0.867. The van der Waals surface area contributed by atoms with Crippen LogP contribution in [-0.2, 0) is 4.79 Å². The van der Waals surface area contributed by atoms with Crippen molar-refractivity contribution in [1.82, 2.24) is 15.6 Å². The summed E-state index contributed by atoms with van der Waals surface area (Å²) in [4.78, 5) is 32.9. The van der Waals surface area contributed by atoms with E-state index >= 15 is 0 Å². The lowest BCUT2D eigenvalue weighted by atomic mass is 10.1. The Hall–Kier alpha value is -3.13. The number of carbonyl (C=O) groups excluding carboxylic acids is 2. The van der Waals surface area contributed by atoms with Crippen LogP contribution in [0.4, 0.5) is 22.0 Å². The molecule has 4 rings (SSSR count). The molecule has 1 aromatic heterocycles. The van der Waals surface area contributed by atoms with Gasteiger partial charge in [-0.3, -0.25) is 9.69 Å². The topological polar surface area (TPSA) is 89.6 Å². The lowest BCUT2D eigenvalue weighted by Gasteiger charge is -2.27. The Kier molecular flexibility index (Phi) is 7.21. The number of nitrogens with zero attached hydrogens (tertiary/aromatic N) is 3. The summed E-state index contributed by atoms with van der Waals surface area (Å²) < 4.78 is 0. The van der Waals surface area contributed by atoms with Gasteiger partial charge in [-0.15, -0.1) is 0 Å². The van der Waals surface area contributed by atoms with Crippen molar-refractivity contribution in [3.8, 4) is 0 Å². The number of aromatic nitrogens is 1. The van der Waals surface area contributed by atoms with Gasteiger partial charge < -0.3 is 20.9 Å². The maximum absolute atomic E-state index is 12.4. The van der Waals surface area contributed by atoms with Crippen molar-refractivity contribution < 1.29 is 9.59 Å². The molecule has 3 N–H and O–H groups in total. The normalized spacial score (nSPS) is 17.6. The van der Waals surface area contributed by atoms with E-state index in [1.165, 1.54) is 19.3 Å². The molecule has 3 heterocycles. The average molecular weight is 437 g/mol. The van der Waals surface area contributed by atoms with Crippen molar-refractivity contribution in [2.24, 2.45) is 0 Å². The first kappa shape index (κ1) is 22.1. The van der Waals surface area contributed by atoms with Gasteiger partial charge in [0, 0.05) is 37.9 Å². The second-order valence-corrected chi connectivity index (χ2v) is 8.43. The molecule has 0 bridgehead atoms. The molecule has 2 aromatic rings. The Morgan fingerprint density at radius 1 is 1.06 bits per heavy atom. The summed E-state index contributed by atoms with van der Waals surface area (Å²) in [6.45, 7) is 5.78. The lowest BCUT2D eigenvalue weighted by molar-refractivity contribution is -0.115. The van der Waals surface area contributed by atoms with Gasteiger partial charge in [-0.2, -0.15) is 0 Å². The quantitative estimate of drug-likeness (QED) is 0.620. The number of benzene rings is 1. The molecular formula is C24H32N6O2. The highest BCUT2D eigenvalue weighted by Gasteiger charge is 2.19. The van der Waals surface area contributed by atoms with Crippen LogP contribution >= 0.6 is 0 Å². The first-order valence-electron chi connectivity index (χ1n) is 11.5. The molecule has 0 radical (unpaired) electrons. The van der Waals surface area contributed by atoms with Crippen LogP contribution in [0.5, 0.6) is 0 Å². The van der Waals surface area contributed by atoms with Crippen molar-refractivity contribution in [2.75, 3.05) is 47.8 Å². The highest BCUT2D eigenvalue weighted by atomic mass is 16.2. The zero-order chi connectivity index (χ0) is 22.3. The van der Waals surface area contributed by atoms with Crippen LogP contribution < -0.4 is 25.8 Å². The minimum Gasteiger partial charge on any atom is -0.357 e. The Balaban J connectivity index is 1.25. The van der Waals surface area contributed by atoms with E-state index in [-0.39, 0.29) is 24.5 Å². The molecule has 3 amide bonds. The molecule has 1 atom stereocenters. The van der Waals surface area contributed by atoms with Crippen molar-refractivity contribution in [3.05, 3.63) is 48.2 Å². The smallest absolute Gasteiger partial charge is 0.321 e. The van der Waals surface area contributed by atoms with Crippen LogP contribution in [0.1, 0.15) is 44.2 Å². The second-order valence-electron chi connectivity index (χ2n) is 8.43. The second kappa shape index (κ2) is 10.5. The molecule has 1 aromatic carbocycles. The van der Waals surface area contributed by atoms with E-state index in [0.717, 1.165) is 49.7 Å². The number of anilines is 3. The van der Waals surface area contributed by atoms with Gasteiger partial charge >= 0.3 is 6.03 Å². The Morgan fingerprint density at radius 2 is 1.84 bits per heavy atom. The van der Waals surface area contributed by atoms with Gasteiger partial charge in [0.2, 0.25) is 5.91 Å². The Labute approximate surface area is 189 Å². The van der Waals surface area contributed by atoms with E-state index in [2.05, 4.69) is 25.8 Å². The highest BCUT2D eigenvalue weighted by Crippen LogP contribution is 2.21. The number of amides is 3. The van der Waals surface area contributed by atoms with Gasteiger partial charge in [0.05, 0.1) is 18.4 Å². The monoisotopic (exact) mass is 436 g/mol. The van der Waals surface area contributed by atoms with Gasteiger partial charge in [-0.05, 0) is 62.4 Å². The van der Waals surface area contributed by atoms with E-state index in [9.17, 15) is 9.59 Å². The fraction of sp³-hybridized carbons (Fsp3) is 0.458. The van der Waals surface area contributed by atoms with Crippen molar-refractivity contribution >= 4 is 29.1 Å². The number of piperidine rings is 1. The summed E-state index contributed by atoms with van der Waals surface area (Å²) in [5.41, 5.74) is 2.65. The van der Waals surface area contributed by atoms with Gasteiger partial charge in [0.25, 0.3) is 0 Å². The van der Waals surface area contributed by atoms with Crippen LogP contribution in [0.2, 0.25) is 0 Å². The summed E-state index contributed by atoms with van der Waals surface area (Å²) in [5, 5.41) is 9.02. The SMILES string of the molecule is CC(NCC(=O)Nc1ccc(N2CCCCC2)nc1)c1ccc(N2CCCNC2=O)cc1. The maximum atomic E-state index is 12.4. The van der Waals surface area contributed by atoms with Crippen LogP contribution in [0.15, 0.2) is 42.6 Å². The lowest BCUT2D eigenvalue weighted by Crippen LogP contribution is -2.46. The van der Waals surface area contributed by atoms with E-state index in [1.807, 2.05) is 43.3 Å². The predicted molar refractivity (Wildman–Crippen MR) is 127 cm³/mol. The molecule has 0 spiro atoms. The fourth-order valence-electron chi connectivity index (χ4n) is 4.16. The number of carbonyl (C=O) groups is 2. The fourth-order valence-corrected chi connectivity index (χ4v) is 4.16. The minimum absolute atomic E-state index is 0.00425. The largest absolute Gasteiger partial charge is 0.357 e. The van der Waals surface area contributed by atoms with E-state index in [1.54, 1.807) is 11.1 Å². The van der Waals surface area contributed by atoms with Crippen molar-refractivity contribution in [2.45, 2.75) is 38.6 Å². The number of urea groups is 1. The van der Waals surface area contributed by atoms with Gasteiger partial charge in [0.1, 0.15) is 5.82 Å². The van der Waals surface area contributed by atoms with Crippen LogP contribution in [-0.4, -0.2) is 49.6 Å². The molecule has 8 nitrogen and oxygen atoms in total. The number of rotatable bonds is 7. The molecule has 2 saturated heterocycles. The highest BCUT2D eigenvalue weighted by molar-refractivity contribution is 5.93. The van der Waals surface area contributed by atoms with Crippen molar-refractivity contribution in [3.63, 3.8) is 0 Å². The number of pyridine rings is 1. The number of nitrogens with one attached hydrogen (secondary N) is 3. The molecule has 32 heavy (non-hydrogen) atoms. The van der Waals surface area contributed by atoms with Gasteiger partial charge in [-0.1, -0.05) is 12.1 Å². The van der Waals surface area contributed by atoms with Crippen LogP contribution in [0, 0.1) is 0 Å². The average Bonchev–Trinajstić information content (AvgIpc) is 2.84. The van der Waals surface area contributed by atoms with Crippen LogP contribution in [0.3, 0.4) is 0 Å². The first-order chi connectivity index (χ1) is 15.6. The first-order valence-corrected chi connectivity index (χ1v) is 11.5. The third-order valence-corrected chi connectivity index (χ3v) is 6.07. The van der Waals surface area contributed by atoms with E-state index < -0.39 is 0 Å². The molecule has 2 fully saturated rings. The third kappa shape index (κ3) is 5.56. The molecule has 2 aliphatic heterocycles. The zero-order valence-corrected chi connectivity index (χ0v) is 18.6. The molecule has 1 unspecified atom stereocenters. The summed E-state index contributed by atoms with van der Waals surface area (Å²) in [7, 11) is 0. The standard InChI is InChI=1S/C24H32N6O2/c1-18(19-6-9-21(10-7-19)30-15-5-12-25-24(30)32)26-17-23(31)28-20-8-11-22(27-16-20)29-13-3-2-4-14-29/h6-11,16,18,26H,2-5,12-15,17H2,1H3,(H,25,32)(H,28,31). The molecule has 0 saturated carbocycles. The van der Waals surface area contributed by atoms with Crippen molar-refractivity contribution in [1.29, 1.82) is 0 Å².